The highest BCUT2D eigenvalue weighted by Crippen LogP contribution is 2.29. The van der Waals surface area contributed by atoms with Crippen molar-refractivity contribution in [1.82, 2.24) is 10.0 Å². The molecule has 2 atom stereocenters. The van der Waals surface area contributed by atoms with E-state index in [0.717, 1.165) is 25.3 Å². The van der Waals surface area contributed by atoms with E-state index in [9.17, 15) is 23.3 Å². The van der Waals surface area contributed by atoms with Crippen LogP contribution in [0.1, 0.15) is 39.0 Å². The number of nitro benzene ring substituents is 1. The molecule has 0 aliphatic heterocycles. The number of rotatable bonds is 8. The van der Waals surface area contributed by atoms with Crippen molar-refractivity contribution in [3.63, 3.8) is 0 Å². The third-order valence-corrected chi connectivity index (χ3v) is 6.22. The van der Waals surface area contributed by atoms with Crippen LogP contribution < -0.4 is 14.8 Å². The van der Waals surface area contributed by atoms with Gasteiger partial charge in [-0.1, -0.05) is 19.8 Å². The van der Waals surface area contributed by atoms with Crippen LogP contribution in [0, 0.1) is 16.0 Å². The lowest BCUT2D eigenvalue weighted by molar-refractivity contribution is -0.386. The van der Waals surface area contributed by atoms with Gasteiger partial charge in [0.1, 0.15) is 0 Å². The number of hydrogen-bond acceptors (Lipinski definition) is 6. The van der Waals surface area contributed by atoms with Crippen molar-refractivity contribution in [2.24, 2.45) is 5.92 Å². The van der Waals surface area contributed by atoms with Crippen LogP contribution in [0.5, 0.6) is 5.75 Å². The van der Waals surface area contributed by atoms with Gasteiger partial charge in [0.05, 0.1) is 16.9 Å². The molecule has 0 bridgehead atoms. The number of ether oxygens (including phenoxy) is 1. The molecule has 0 heterocycles. The van der Waals surface area contributed by atoms with Crippen molar-refractivity contribution in [1.29, 1.82) is 0 Å². The van der Waals surface area contributed by atoms with E-state index in [2.05, 4.69) is 17.0 Å². The zero-order valence-corrected chi connectivity index (χ0v) is 16.3. The van der Waals surface area contributed by atoms with Crippen LogP contribution in [0.4, 0.5) is 5.69 Å². The van der Waals surface area contributed by atoms with Gasteiger partial charge in [0.15, 0.2) is 5.75 Å². The Bertz CT molecular complexity index is 796. The molecule has 1 aliphatic rings. The van der Waals surface area contributed by atoms with Gasteiger partial charge in [0, 0.05) is 25.1 Å². The van der Waals surface area contributed by atoms with Crippen LogP contribution in [-0.4, -0.2) is 38.9 Å². The summed E-state index contributed by atoms with van der Waals surface area (Å²) in [4.78, 5) is 22.1. The quantitative estimate of drug-likeness (QED) is 0.508. The molecule has 10 heteroatoms. The van der Waals surface area contributed by atoms with Gasteiger partial charge in [-0.2, -0.15) is 0 Å². The zero-order chi connectivity index (χ0) is 20.0. The summed E-state index contributed by atoms with van der Waals surface area (Å²) in [7, 11) is -2.71. The number of nitrogens with zero attached hydrogens (tertiary/aromatic N) is 1. The Kier molecular flexibility index (Phi) is 7.14. The maximum atomic E-state index is 12.3. The molecule has 0 unspecified atom stereocenters. The topological polar surface area (TPSA) is 128 Å². The van der Waals surface area contributed by atoms with Crippen LogP contribution >= 0.6 is 0 Å². The number of benzene rings is 1. The minimum absolute atomic E-state index is 0.000692. The smallest absolute Gasteiger partial charge is 0.312 e. The maximum Gasteiger partial charge on any atom is 0.312 e. The highest BCUT2D eigenvalue weighted by Gasteiger charge is 2.24. The number of sulfonamides is 1. The van der Waals surface area contributed by atoms with Crippen LogP contribution in [0.2, 0.25) is 0 Å². The Morgan fingerprint density at radius 2 is 2.04 bits per heavy atom. The number of hydrogen-bond donors (Lipinski definition) is 2. The van der Waals surface area contributed by atoms with Gasteiger partial charge in [-0.25, -0.2) is 13.1 Å². The van der Waals surface area contributed by atoms with Gasteiger partial charge in [-0.05, 0) is 30.9 Å². The maximum absolute atomic E-state index is 12.3. The molecule has 1 amide bonds. The summed E-state index contributed by atoms with van der Waals surface area (Å²) < 4.78 is 31.8. The van der Waals surface area contributed by atoms with Crippen LogP contribution in [0.15, 0.2) is 23.1 Å². The van der Waals surface area contributed by atoms with Crippen LogP contribution in [0.25, 0.3) is 0 Å². The van der Waals surface area contributed by atoms with E-state index in [4.69, 9.17) is 4.74 Å². The van der Waals surface area contributed by atoms with Crippen molar-refractivity contribution >= 4 is 21.6 Å². The third kappa shape index (κ3) is 5.64. The van der Waals surface area contributed by atoms with Crippen molar-refractivity contribution in [3.8, 4) is 5.75 Å². The van der Waals surface area contributed by atoms with Gasteiger partial charge >= 0.3 is 5.69 Å². The zero-order valence-electron chi connectivity index (χ0n) is 15.4. The standard InChI is InChI=1S/C17H25N3O6S/c1-12-5-3-4-6-14(12)19-17(21)9-10-18-27(24,25)13-7-8-16(26-2)15(11-13)20(22)23/h7-8,11-12,14,18H,3-6,9-10H2,1-2H3,(H,19,21)/t12-,14+/m0/s1. The average molecular weight is 399 g/mol. The first kappa shape index (κ1) is 21.1. The Balaban J connectivity index is 1.93. The van der Waals surface area contributed by atoms with Crippen molar-refractivity contribution in [2.75, 3.05) is 13.7 Å². The number of methoxy groups -OCH3 is 1. The Morgan fingerprint density at radius 1 is 1.33 bits per heavy atom. The second-order valence-corrected chi connectivity index (χ2v) is 8.44. The van der Waals surface area contributed by atoms with Crippen molar-refractivity contribution < 1.29 is 22.9 Å². The van der Waals surface area contributed by atoms with E-state index in [-0.39, 0.29) is 35.6 Å². The second kappa shape index (κ2) is 9.14. The lowest BCUT2D eigenvalue weighted by Crippen LogP contribution is -2.42. The Morgan fingerprint density at radius 3 is 2.67 bits per heavy atom. The van der Waals surface area contributed by atoms with E-state index in [1.165, 1.54) is 25.7 Å². The van der Waals surface area contributed by atoms with E-state index >= 15 is 0 Å². The SMILES string of the molecule is COc1ccc(S(=O)(=O)NCCC(=O)N[C@@H]2CCCC[C@@H]2C)cc1[N+](=O)[O-]. The summed E-state index contributed by atoms with van der Waals surface area (Å²) in [6, 6.07) is 3.51. The molecule has 9 nitrogen and oxygen atoms in total. The third-order valence-electron chi connectivity index (χ3n) is 4.76. The molecule has 0 spiro atoms. The molecular formula is C17H25N3O6S. The first-order chi connectivity index (χ1) is 12.7. The molecule has 0 radical (unpaired) electrons. The number of nitro groups is 1. The monoisotopic (exact) mass is 399 g/mol. The van der Waals surface area contributed by atoms with Crippen LogP contribution in [-0.2, 0) is 14.8 Å². The van der Waals surface area contributed by atoms with Crippen LogP contribution in [0.3, 0.4) is 0 Å². The van der Waals surface area contributed by atoms with Crippen molar-refractivity contribution in [2.45, 2.75) is 50.0 Å². The molecule has 0 saturated heterocycles. The first-order valence-electron chi connectivity index (χ1n) is 8.86. The summed E-state index contributed by atoms with van der Waals surface area (Å²) in [6.07, 6.45) is 4.27. The molecule has 2 N–H and O–H groups in total. The van der Waals surface area contributed by atoms with Crippen molar-refractivity contribution in [3.05, 3.63) is 28.3 Å². The summed E-state index contributed by atoms with van der Waals surface area (Å²) >= 11 is 0. The number of carbonyl (C=O) groups excluding carboxylic acids is 1. The van der Waals surface area contributed by atoms with Gasteiger partial charge in [-0.3, -0.25) is 14.9 Å². The fourth-order valence-electron chi connectivity index (χ4n) is 3.17. The number of nitrogens with one attached hydrogen (secondary N) is 2. The molecule has 2 rings (SSSR count). The largest absolute Gasteiger partial charge is 0.490 e. The van der Waals surface area contributed by atoms with Gasteiger partial charge in [-0.15, -0.1) is 0 Å². The number of amides is 1. The van der Waals surface area contributed by atoms with Gasteiger partial charge in [0.2, 0.25) is 15.9 Å². The molecule has 1 aromatic rings. The second-order valence-electron chi connectivity index (χ2n) is 6.67. The summed E-state index contributed by atoms with van der Waals surface area (Å²) in [6.45, 7) is 2.01. The first-order valence-corrected chi connectivity index (χ1v) is 10.3. The predicted molar refractivity (Wildman–Crippen MR) is 99.0 cm³/mol. The summed E-state index contributed by atoms with van der Waals surface area (Å²) in [5, 5.41) is 14.0. The fourth-order valence-corrected chi connectivity index (χ4v) is 4.22. The lowest BCUT2D eigenvalue weighted by atomic mass is 9.86. The highest BCUT2D eigenvalue weighted by molar-refractivity contribution is 7.89. The molecule has 27 heavy (non-hydrogen) atoms. The molecule has 1 saturated carbocycles. The fraction of sp³-hybridized carbons (Fsp3) is 0.588. The minimum Gasteiger partial charge on any atom is -0.490 e. The summed E-state index contributed by atoms with van der Waals surface area (Å²) in [5.74, 6) is 0.177. The highest BCUT2D eigenvalue weighted by atomic mass is 32.2. The van der Waals surface area contributed by atoms with Gasteiger partial charge in [0.25, 0.3) is 0 Å². The van der Waals surface area contributed by atoms with E-state index in [0.29, 0.717) is 5.92 Å². The molecule has 1 aliphatic carbocycles. The van der Waals surface area contributed by atoms with Gasteiger partial charge < -0.3 is 10.1 Å². The molecule has 150 valence electrons. The number of carbonyl (C=O) groups is 1. The minimum atomic E-state index is -3.97. The lowest BCUT2D eigenvalue weighted by Gasteiger charge is -2.29. The average Bonchev–Trinajstić information content (AvgIpc) is 2.62. The molecule has 0 aromatic heterocycles. The van der Waals surface area contributed by atoms with E-state index in [1.54, 1.807) is 0 Å². The predicted octanol–water partition coefficient (Wildman–Crippen LogP) is 1.97. The Hall–Kier alpha value is -2.20. The van der Waals surface area contributed by atoms with E-state index < -0.39 is 20.6 Å². The summed E-state index contributed by atoms with van der Waals surface area (Å²) in [5.41, 5.74) is -0.440. The van der Waals surface area contributed by atoms with E-state index in [1.807, 2.05) is 0 Å². The Labute approximate surface area is 158 Å². The molecule has 1 fully saturated rings. The molecule has 1 aromatic carbocycles. The normalized spacial score (nSPS) is 20.1. The molecular weight excluding hydrogens is 374 g/mol.